The average Bonchev–Trinajstić information content (AvgIpc) is 2.08. The molecule has 0 amide bonds. The van der Waals surface area contributed by atoms with E-state index in [0.717, 1.165) is 5.56 Å². The van der Waals surface area contributed by atoms with E-state index in [2.05, 4.69) is 5.48 Å². The van der Waals surface area contributed by atoms with Crippen LogP contribution in [0.4, 0.5) is 5.69 Å². The Morgan fingerprint density at radius 1 is 1.54 bits per heavy atom. The fourth-order valence-electron chi connectivity index (χ4n) is 1.02. The number of anilines is 1. The largest absolute Gasteiger partial charge is 0.279 e. The van der Waals surface area contributed by atoms with Gasteiger partial charge in [0.05, 0.1) is 12.8 Å². The van der Waals surface area contributed by atoms with E-state index in [0.29, 0.717) is 11.3 Å². The number of carbonyl (C=O) groups excluding carboxylic acids is 1. The molecule has 13 heavy (non-hydrogen) atoms. The number of benzene rings is 1. The molecule has 0 bridgehead atoms. The van der Waals surface area contributed by atoms with E-state index >= 15 is 0 Å². The number of hydrogen-bond acceptors (Lipinski definition) is 3. The maximum absolute atomic E-state index is 10.9. The van der Waals surface area contributed by atoms with E-state index in [9.17, 15) is 4.79 Å². The molecule has 0 fully saturated rings. The van der Waals surface area contributed by atoms with E-state index in [1.54, 1.807) is 12.1 Å². The third-order valence-electron chi connectivity index (χ3n) is 1.67. The van der Waals surface area contributed by atoms with E-state index in [-0.39, 0.29) is 0 Å². The van der Waals surface area contributed by atoms with Crippen LogP contribution in [-0.2, 0) is 4.84 Å². The van der Waals surface area contributed by atoms with Gasteiger partial charge in [0.2, 0.25) is 0 Å². The molecule has 0 atom stereocenters. The summed E-state index contributed by atoms with van der Waals surface area (Å²) in [5.41, 5.74) is 4.66. The van der Waals surface area contributed by atoms with Gasteiger partial charge in [0, 0.05) is 5.56 Å². The van der Waals surface area contributed by atoms with Crippen molar-refractivity contribution in [1.82, 2.24) is 0 Å². The first-order valence-electron chi connectivity index (χ1n) is 3.74. The van der Waals surface area contributed by atoms with Crippen molar-refractivity contribution in [2.75, 3.05) is 12.6 Å². The Labute approximate surface area is 81.6 Å². The van der Waals surface area contributed by atoms with Crippen LogP contribution in [0, 0.1) is 6.92 Å². The molecule has 0 saturated heterocycles. The topological polar surface area (TPSA) is 38.3 Å². The summed E-state index contributed by atoms with van der Waals surface area (Å²) in [6, 6.07) is 5.26. The van der Waals surface area contributed by atoms with Crippen molar-refractivity contribution < 1.29 is 9.63 Å². The first-order chi connectivity index (χ1) is 6.15. The minimum absolute atomic E-state index is 0.461. The van der Waals surface area contributed by atoms with Crippen LogP contribution in [0.1, 0.15) is 15.9 Å². The molecule has 1 N–H and O–H groups in total. The molecule has 0 heterocycles. The predicted molar refractivity (Wildman–Crippen MR) is 52.0 cm³/mol. The van der Waals surface area contributed by atoms with Gasteiger partial charge < -0.3 is 0 Å². The summed E-state index contributed by atoms with van der Waals surface area (Å²) < 4.78 is 0. The van der Waals surface area contributed by atoms with Gasteiger partial charge in [0.15, 0.2) is 0 Å². The molecule has 0 unspecified atom stereocenters. The predicted octanol–water partition coefficient (Wildman–Crippen LogP) is 2.35. The lowest BCUT2D eigenvalue weighted by atomic mass is 10.1. The number of nitrogens with one attached hydrogen (secondary N) is 1. The molecule has 0 aliphatic carbocycles. The summed E-state index contributed by atoms with van der Waals surface area (Å²) >= 11 is 5.37. The minimum Gasteiger partial charge on any atom is -0.279 e. The summed E-state index contributed by atoms with van der Waals surface area (Å²) in [6.45, 7) is 1.83. The summed E-state index contributed by atoms with van der Waals surface area (Å²) in [4.78, 5) is 15.6. The summed E-state index contributed by atoms with van der Waals surface area (Å²) in [7, 11) is 1.50. The van der Waals surface area contributed by atoms with Gasteiger partial charge >= 0.3 is 0 Å². The van der Waals surface area contributed by atoms with E-state index in [1.807, 2.05) is 13.0 Å². The van der Waals surface area contributed by atoms with Gasteiger partial charge in [-0.15, -0.1) is 0 Å². The van der Waals surface area contributed by atoms with Crippen LogP contribution in [-0.4, -0.2) is 12.4 Å². The molecular formula is C9H10ClNO2. The van der Waals surface area contributed by atoms with Crippen molar-refractivity contribution in [3.8, 4) is 0 Å². The lowest BCUT2D eigenvalue weighted by Gasteiger charge is -2.05. The highest BCUT2D eigenvalue weighted by atomic mass is 35.5. The highest BCUT2D eigenvalue weighted by Crippen LogP contribution is 2.16. The fourth-order valence-corrected chi connectivity index (χ4v) is 1.22. The second kappa shape index (κ2) is 4.25. The average molecular weight is 200 g/mol. The highest BCUT2D eigenvalue weighted by molar-refractivity contribution is 6.68. The molecule has 1 aromatic carbocycles. The van der Waals surface area contributed by atoms with Crippen LogP contribution < -0.4 is 5.48 Å². The second-order valence-corrected chi connectivity index (χ2v) is 2.95. The van der Waals surface area contributed by atoms with Crippen molar-refractivity contribution in [3.63, 3.8) is 0 Å². The first kappa shape index (κ1) is 10.0. The number of halogens is 1. The Bertz CT molecular complexity index is 325. The zero-order valence-electron chi connectivity index (χ0n) is 7.43. The van der Waals surface area contributed by atoms with Crippen molar-refractivity contribution >= 4 is 22.5 Å². The van der Waals surface area contributed by atoms with Crippen LogP contribution in [0.2, 0.25) is 0 Å². The van der Waals surface area contributed by atoms with Crippen molar-refractivity contribution in [1.29, 1.82) is 0 Å². The Balaban J connectivity index is 3.04. The van der Waals surface area contributed by atoms with E-state index in [4.69, 9.17) is 16.4 Å². The molecule has 0 spiro atoms. The standard InChI is InChI=1S/C9H10ClNO2/c1-6-3-4-7(11-13-2)5-8(6)9(10)12/h3-5,11H,1-2H3. The molecule has 3 nitrogen and oxygen atoms in total. The Morgan fingerprint density at radius 3 is 2.77 bits per heavy atom. The van der Waals surface area contributed by atoms with Gasteiger partial charge in [-0.05, 0) is 36.2 Å². The van der Waals surface area contributed by atoms with Crippen molar-refractivity contribution in [3.05, 3.63) is 29.3 Å². The SMILES string of the molecule is CONc1ccc(C)c(C(=O)Cl)c1. The Morgan fingerprint density at radius 2 is 2.23 bits per heavy atom. The van der Waals surface area contributed by atoms with Crippen LogP contribution in [0.25, 0.3) is 0 Å². The van der Waals surface area contributed by atoms with E-state index in [1.165, 1.54) is 7.11 Å². The molecule has 1 rings (SSSR count). The fraction of sp³-hybridized carbons (Fsp3) is 0.222. The molecule has 0 saturated carbocycles. The smallest absolute Gasteiger partial charge is 0.252 e. The first-order valence-corrected chi connectivity index (χ1v) is 4.12. The summed E-state index contributed by atoms with van der Waals surface area (Å²) in [5, 5.41) is -0.461. The number of carbonyl (C=O) groups is 1. The third-order valence-corrected chi connectivity index (χ3v) is 1.87. The van der Waals surface area contributed by atoms with Gasteiger partial charge in [0.25, 0.3) is 5.24 Å². The maximum Gasteiger partial charge on any atom is 0.252 e. The Kier molecular flexibility index (Phi) is 3.28. The summed E-state index contributed by atoms with van der Waals surface area (Å²) in [6.07, 6.45) is 0. The van der Waals surface area contributed by atoms with E-state index < -0.39 is 5.24 Å². The van der Waals surface area contributed by atoms with Gasteiger partial charge in [-0.25, -0.2) is 0 Å². The molecule has 0 radical (unpaired) electrons. The Hall–Kier alpha value is -1.06. The highest BCUT2D eigenvalue weighted by Gasteiger charge is 2.06. The molecule has 1 aromatic rings. The van der Waals surface area contributed by atoms with Crippen LogP contribution in [0.3, 0.4) is 0 Å². The van der Waals surface area contributed by atoms with Gasteiger partial charge in [-0.1, -0.05) is 6.07 Å². The molecule has 0 aliphatic heterocycles. The van der Waals surface area contributed by atoms with Gasteiger partial charge in [-0.3, -0.25) is 15.1 Å². The minimum atomic E-state index is -0.461. The molecule has 0 aliphatic rings. The number of hydrogen-bond donors (Lipinski definition) is 1. The van der Waals surface area contributed by atoms with Crippen LogP contribution in [0.5, 0.6) is 0 Å². The van der Waals surface area contributed by atoms with Crippen molar-refractivity contribution in [2.45, 2.75) is 6.92 Å². The molecule has 0 aromatic heterocycles. The maximum atomic E-state index is 10.9. The third kappa shape index (κ3) is 2.44. The summed E-state index contributed by atoms with van der Waals surface area (Å²) in [5.74, 6) is 0. The monoisotopic (exact) mass is 199 g/mol. The molecule has 4 heteroatoms. The quantitative estimate of drug-likeness (QED) is 0.600. The molecule has 70 valence electrons. The zero-order chi connectivity index (χ0) is 9.84. The zero-order valence-corrected chi connectivity index (χ0v) is 8.18. The second-order valence-electron chi connectivity index (χ2n) is 2.61. The normalized spacial score (nSPS) is 9.77. The van der Waals surface area contributed by atoms with Gasteiger partial charge in [-0.2, -0.15) is 0 Å². The van der Waals surface area contributed by atoms with Crippen LogP contribution in [0.15, 0.2) is 18.2 Å². The van der Waals surface area contributed by atoms with Crippen LogP contribution >= 0.6 is 11.6 Å². The number of aryl methyl sites for hydroxylation is 1. The van der Waals surface area contributed by atoms with Crippen molar-refractivity contribution in [2.24, 2.45) is 0 Å². The lowest BCUT2D eigenvalue weighted by Crippen LogP contribution is -1.99. The lowest BCUT2D eigenvalue weighted by molar-refractivity contribution is 0.108. The molecular weight excluding hydrogens is 190 g/mol. The number of rotatable bonds is 3. The van der Waals surface area contributed by atoms with Gasteiger partial charge in [0.1, 0.15) is 0 Å².